The molecule has 0 N–H and O–H groups in total. The molecule has 8 heteroatoms. The lowest BCUT2D eigenvalue weighted by atomic mass is 10.1. The van der Waals surface area contributed by atoms with Crippen LogP contribution in [0.25, 0.3) is 0 Å². The summed E-state index contributed by atoms with van der Waals surface area (Å²) in [6.07, 6.45) is -4.92. The number of rotatable bonds is 3. The van der Waals surface area contributed by atoms with Crippen LogP contribution in [-0.4, -0.2) is 23.1 Å². The lowest BCUT2D eigenvalue weighted by Gasteiger charge is -2.19. The molecule has 1 aliphatic rings. The molecule has 0 saturated carbocycles. The van der Waals surface area contributed by atoms with E-state index in [0.717, 1.165) is 11.0 Å². The summed E-state index contributed by atoms with van der Waals surface area (Å²) in [6.45, 7) is -0.419. The normalized spacial score (nSPS) is 14.1. The van der Waals surface area contributed by atoms with E-state index in [-0.39, 0.29) is 21.7 Å². The summed E-state index contributed by atoms with van der Waals surface area (Å²) in [6, 6.07) is 9.88. The second-order valence-electron chi connectivity index (χ2n) is 5.01. The number of amides is 2. The molecule has 0 fully saturated rings. The van der Waals surface area contributed by atoms with E-state index in [4.69, 9.17) is 11.6 Å². The van der Waals surface area contributed by atoms with E-state index in [1.165, 1.54) is 24.3 Å². The summed E-state index contributed by atoms with van der Waals surface area (Å²) in [4.78, 5) is 25.5. The predicted molar refractivity (Wildman–Crippen MR) is 78.8 cm³/mol. The first-order chi connectivity index (χ1) is 11.3. The lowest BCUT2D eigenvalue weighted by molar-refractivity contribution is -0.274. The highest BCUT2D eigenvalue weighted by Gasteiger charge is 2.37. The lowest BCUT2D eigenvalue weighted by Crippen LogP contribution is -2.30. The van der Waals surface area contributed by atoms with Gasteiger partial charge in [-0.3, -0.25) is 14.5 Å². The number of alkyl halides is 3. The van der Waals surface area contributed by atoms with Gasteiger partial charge >= 0.3 is 6.36 Å². The molecule has 4 nitrogen and oxygen atoms in total. The summed E-state index contributed by atoms with van der Waals surface area (Å²) in [5, 5.41) is -0.0340. The molecule has 24 heavy (non-hydrogen) atoms. The smallest absolute Gasteiger partial charge is 0.405 e. The van der Waals surface area contributed by atoms with E-state index < -0.39 is 30.5 Å². The molecule has 0 atom stereocenters. The molecule has 124 valence electrons. The van der Waals surface area contributed by atoms with Crippen molar-refractivity contribution in [1.82, 2.24) is 4.90 Å². The molecule has 1 heterocycles. The number of hydrogen-bond acceptors (Lipinski definition) is 3. The highest BCUT2D eigenvalue weighted by molar-refractivity contribution is 6.31. The van der Waals surface area contributed by atoms with Gasteiger partial charge in [0.1, 0.15) is 5.75 Å². The van der Waals surface area contributed by atoms with Crippen molar-refractivity contribution in [2.45, 2.75) is 12.9 Å². The van der Waals surface area contributed by atoms with Crippen LogP contribution in [0.4, 0.5) is 13.2 Å². The highest BCUT2D eigenvalue weighted by atomic mass is 35.5. The number of nitrogens with zero attached hydrogens (tertiary/aromatic N) is 1. The van der Waals surface area contributed by atoms with Gasteiger partial charge in [0.2, 0.25) is 0 Å². The van der Waals surface area contributed by atoms with Crippen LogP contribution < -0.4 is 4.74 Å². The molecule has 0 unspecified atom stereocenters. The number of benzene rings is 2. The first kappa shape index (κ1) is 16.3. The Labute approximate surface area is 139 Å². The van der Waals surface area contributed by atoms with Crippen LogP contribution in [0.1, 0.15) is 26.3 Å². The van der Waals surface area contributed by atoms with Gasteiger partial charge < -0.3 is 4.74 Å². The number of ether oxygens (including phenoxy) is 1. The van der Waals surface area contributed by atoms with Gasteiger partial charge in [0.25, 0.3) is 11.8 Å². The summed E-state index contributed by atoms with van der Waals surface area (Å²) in [5.74, 6) is -1.73. The first-order valence-electron chi connectivity index (χ1n) is 6.76. The molecule has 0 bridgehead atoms. The van der Waals surface area contributed by atoms with Crippen LogP contribution in [0, 0.1) is 0 Å². The molecule has 3 rings (SSSR count). The fourth-order valence-electron chi connectivity index (χ4n) is 2.45. The number of fused-ring (bicyclic) bond motifs is 1. The molecule has 2 amide bonds. The average Bonchev–Trinajstić information content (AvgIpc) is 2.74. The van der Waals surface area contributed by atoms with Gasteiger partial charge in [0, 0.05) is 10.6 Å². The average molecular weight is 356 g/mol. The topological polar surface area (TPSA) is 46.6 Å². The van der Waals surface area contributed by atoms with Gasteiger partial charge in [-0.05, 0) is 24.3 Å². The Morgan fingerprint density at radius 3 is 2.08 bits per heavy atom. The minimum Gasteiger partial charge on any atom is -0.405 e. The van der Waals surface area contributed by atoms with Crippen molar-refractivity contribution < 1.29 is 27.5 Å². The number of halogens is 4. The van der Waals surface area contributed by atoms with E-state index in [1.54, 1.807) is 12.1 Å². The van der Waals surface area contributed by atoms with Gasteiger partial charge in [0.05, 0.1) is 17.7 Å². The van der Waals surface area contributed by atoms with Crippen molar-refractivity contribution in [2.24, 2.45) is 0 Å². The van der Waals surface area contributed by atoms with Gasteiger partial charge in [-0.25, -0.2) is 0 Å². The maximum atomic E-state index is 12.5. The Morgan fingerprint density at radius 1 is 0.958 bits per heavy atom. The maximum Gasteiger partial charge on any atom is 0.573 e. The summed E-state index contributed by atoms with van der Waals surface area (Å²) in [5.41, 5.74) is 0.312. The Kier molecular flexibility index (Phi) is 3.96. The second-order valence-corrected chi connectivity index (χ2v) is 5.41. The quantitative estimate of drug-likeness (QED) is 0.781. The van der Waals surface area contributed by atoms with Crippen molar-refractivity contribution >= 4 is 23.4 Å². The standard InChI is InChI=1S/C16H9ClF3NO3/c17-12-6-3-7-13(24-16(18,19)20)11(12)8-21-14(22)9-4-1-2-5-10(9)15(21)23/h1-7H,8H2. The summed E-state index contributed by atoms with van der Waals surface area (Å²) >= 11 is 5.95. The summed E-state index contributed by atoms with van der Waals surface area (Å²) < 4.78 is 41.5. The van der Waals surface area contributed by atoms with E-state index in [2.05, 4.69) is 4.74 Å². The van der Waals surface area contributed by atoms with Gasteiger partial charge in [0.15, 0.2) is 0 Å². The number of hydrogen-bond donors (Lipinski definition) is 0. The molecule has 2 aromatic rings. The van der Waals surface area contributed by atoms with Gasteiger partial charge in [-0.15, -0.1) is 13.2 Å². The molecule has 0 saturated heterocycles. The molecular formula is C16H9ClF3NO3. The van der Waals surface area contributed by atoms with Gasteiger partial charge in [-0.1, -0.05) is 29.8 Å². The van der Waals surface area contributed by atoms with Gasteiger partial charge in [-0.2, -0.15) is 0 Å². The zero-order valence-electron chi connectivity index (χ0n) is 11.9. The van der Waals surface area contributed by atoms with Crippen LogP contribution in [0.3, 0.4) is 0 Å². The van der Waals surface area contributed by atoms with Crippen molar-refractivity contribution in [3.63, 3.8) is 0 Å². The Bertz CT molecular complexity index is 801. The van der Waals surface area contributed by atoms with Crippen molar-refractivity contribution in [2.75, 3.05) is 0 Å². The molecule has 2 aromatic carbocycles. The van der Waals surface area contributed by atoms with E-state index >= 15 is 0 Å². The maximum absolute atomic E-state index is 12.5. The third kappa shape index (κ3) is 2.94. The molecule has 0 aromatic heterocycles. The largest absolute Gasteiger partial charge is 0.573 e. The molecule has 0 radical (unpaired) electrons. The third-order valence-corrected chi connectivity index (χ3v) is 3.85. The number of imide groups is 1. The number of carbonyl (C=O) groups is 2. The van der Waals surface area contributed by atoms with Crippen LogP contribution in [0.15, 0.2) is 42.5 Å². The Morgan fingerprint density at radius 2 is 1.54 bits per heavy atom. The molecular weight excluding hydrogens is 347 g/mol. The fourth-order valence-corrected chi connectivity index (χ4v) is 2.68. The second kappa shape index (κ2) is 5.83. The Hall–Kier alpha value is -2.54. The Balaban J connectivity index is 1.96. The number of carbonyl (C=O) groups excluding carboxylic acids is 2. The monoisotopic (exact) mass is 355 g/mol. The van der Waals surface area contributed by atoms with Crippen LogP contribution in [0.5, 0.6) is 5.75 Å². The SMILES string of the molecule is O=C1c2ccccc2C(=O)N1Cc1c(Cl)cccc1OC(F)(F)F. The van der Waals surface area contributed by atoms with Crippen molar-refractivity contribution in [3.05, 3.63) is 64.2 Å². The van der Waals surface area contributed by atoms with E-state index in [1.807, 2.05) is 0 Å². The predicted octanol–water partition coefficient (Wildman–Crippen LogP) is 4.03. The van der Waals surface area contributed by atoms with Crippen molar-refractivity contribution in [3.8, 4) is 5.75 Å². The third-order valence-electron chi connectivity index (χ3n) is 3.50. The fraction of sp³-hybridized carbons (Fsp3) is 0.125. The first-order valence-corrected chi connectivity index (χ1v) is 7.14. The zero-order chi connectivity index (χ0) is 17.5. The molecule has 0 spiro atoms. The van der Waals surface area contributed by atoms with Crippen molar-refractivity contribution in [1.29, 1.82) is 0 Å². The minimum atomic E-state index is -4.92. The zero-order valence-corrected chi connectivity index (χ0v) is 12.7. The minimum absolute atomic E-state index is 0.0340. The van der Waals surface area contributed by atoms with Crippen LogP contribution in [0.2, 0.25) is 5.02 Å². The molecule has 1 aliphatic heterocycles. The summed E-state index contributed by atoms with van der Waals surface area (Å²) in [7, 11) is 0. The van der Waals surface area contributed by atoms with Crippen LogP contribution in [-0.2, 0) is 6.54 Å². The highest BCUT2D eigenvalue weighted by Crippen LogP contribution is 2.34. The van der Waals surface area contributed by atoms with E-state index in [9.17, 15) is 22.8 Å². The van der Waals surface area contributed by atoms with Crippen LogP contribution >= 0.6 is 11.6 Å². The molecule has 0 aliphatic carbocycles. The van der Waals surface area contributed by atoms with E-state index in [0.29, 0.717) is 0 Å².